The number of aromatic nitrogens is 3. The van der Waals surface area contributed by atoms with E-state index in [1.54, 1.807) is 24.8 Å². The number of benzene rings is 1. The van der Waals surface area contributed by atoms with Crippen LogP contribution in [0.1, 0.15) is 37.5 Å². The van der Waals surface area contributed by atoms with Crippen LogP contribution in [-0.2, 0) is 4.74 Å². The summed E-state index contributed by atoms with van der Waals surface area (Å²) < 4.78 is 12.0. The Labute approximate surface area is 187 Å². The third-order valence-electron chi connectivity index (χ3n) is 6.26. The largest absolute Gasteiger partial charge is 0.488 e. The first-order chi connectivity index (χ1) is 15.8. The molecule has 5 rings (SSSR count). The van der Waals surface area contributed by atoms with E-state index in [4.69, 9.17) is 9.47 Å². The van der Waals surface area contributed by atoms with E-state index in [0.717, 1.165) is 80.0 Å². The van der Waals surface area contributed by atoms with Gasteiger partial charge in [-0.05, 0) is 37.8 Å². The van der Waals surface area contributed by atoms with E-state index < -0.39 is 6.23 Å². The van der Waals surface area contributed by atoms with Crippen LogP contribution in [0.4, 0.5) is 5.69 Å². The molecule has 2 N–H and O–H groups in total. The van der Waals surface area contributed by atoms with Crippen molar-refractivity contribution in [1.29, 1.82) is 0 Å². The summed E-state index contributed by atoms with van der Waals surface area (Å²) in [4.78, 5) is 15.5. The summed E-state index contributed by atoms with van der Waals surface area (Å²) in [5.41, 5.74) is 3.54. The van der Waals surface area contributed by atoms with Gasteiger partial charge in [-0.3, -0.25) is 15.3 Å². The van der Waals surface area contributed by atoms with Crippen molar-refractivity contribution in [2.75, 3.05) is 31.2 Å². The highest BCUT2D eigenvalue weighted by atomic mass is 16.5. The predicted molar refractivity (Wildman–Crippen MR) is 122 cm³/mol. The second kappa shape index (κ2) is 9.77. The van der Waals surface area contributed by atoms with Crippen molar-refractivity contribution in [3.8, 4) is 5.75 Å². The molecule has 1 saturated carbocycles. The number of anilines is 1. The highest BCUT2D eigenvalue weighted by molar-refractivity contribution is 5.85. The van der Waals surface area contributed by atoms with Crippen LogP contribution in [0.15, 0.2) is 49.1 Å². The van der Waals surface area contributed by atoms with Gasteiger partial charge in [-0.1, -0.05) is 6.07 Å². The number of nitrogens with one attached hydrogen (secondary N) is 1. The summed E-state index contributed by atoms with van der Waals surface area (Å²) >= 11 is 0. The molecule has 32 heavy (non-hydrogen) atoms. The zero-order chi connectivity index (χ0) is 21.8. The Morgan fingerprint density at radius 2 is 1.88 bits per heavy atom. The Balaban J connectivity index is 1.25. The molecule has 168 valence electrons. The van der Waals surface area contributed by atoms with Gasteiger partial charge in [0.05, 0.1) is 24.8 Å². The third-order valence-corrected chi connectivity index (χ3v) is 6.26. The highest BCUT2D eigenvalue weighted by Gasteiger charge is 2.25. The third kappa shape index (κ3) is 4.82. The van der Waals surface area contributed by atoms with Gasteiger partial charge in [-0.2, -0.15) is 0 Å². The molecule has 3 heterocycles. The number of hydrogen-bond acceptors (Lipinski definition) is 8. The first-order valence-corrected chi connectivity index (χ1v) is 11.3. The molecule has 1 aliphatic carbocycles. The van der Waals surface area contributed by atoms with Crippen molar-refractivity contribution in [1.82, 2.24) is 20.3 Å². The molecule has 2 aromatic heterocycles. The minimum Gasteiger partial charge on any atom is -0.488 e. The van der Waals surface area contributed by atoms with Crippen LogP contribution in [0.25, 0.3) is 11.0 Å². The van der Waals surface area contributed by atoms with E-state index in [1.807, 2.05) is 12.1 Å². The van der Waals surface area contributed by atoms with Gasteiger partial charge in [0.2, 0.25) is 0 Å². The number of morpholine rings is 1. The van der Waals surface area contributed by atoms with E-state index in [9.17, 15) is 5.11 Å². The van der Waals surface area contributed by atoms with Crippen molar-refractivity contribution in [2.45, 2.75) is 44.1 Å². The molecule has 3 aromatic rings. The lowest BCUT2D eigenvalue weighted by atomic mass is 9.92. The molecule has 8 heteroatoms. The molecule has 1 saturated heterocycles. The van der Waals surface area contributed by atoms with Gasteiger partial charge >= 0.3 is 0 Å². The molecule has 2 aliphatic rings. The van der Waals surface area contributed by atoms with Crippen LogP contribution in [0.2, 0.25) is 0 Å². The fourth-order valence-electron chi connectivity index (χ4n) is 4.51. The molecular formula is C24H29N5O3. The van der Waals surface area contributed by atoms with Crippen LogP contribution in [0, 0.1) is 0 Å². The van der Waals surface area contributed by atoms with E-state index >= 15 is 0 Å². The van der Waals surface area contributed by atoms with Crippen molar-refractivity contribution < 1.29 is 14.6 Å². The Hall–Kier alpha value is -2.81. The van der Waals surface area contributed by atoms with Crippen LogP contribution >= 0.6 is 0 Å². The number of pyridine rings is 1. The van der Waals surface area contributed by atoms with E-state index in [-0.39, 0.29) is 12.1 Å². The van der Waals surface area contributed by atoms with Crippen molar-refractivity contribution >= 4 is 16.7 Å². The average molecular weight is 436 g/mol. The monoisotopic (exact) mass is 435 g/mol. The molecule has 1 aromatic carbocycles. The Bertz CT molecular complexity index is 1020. The second-order valence-corrected chi connectivity index (χ2v) is 8.41. The molecule has 8 nitrogen and oxygen atoms in total. The number of aliphatic hydroxyl groups is 1. The lowest BCUT2D eigenvalue weighted by Crippen LogP contribution is -2.38. The summed E-state index contributed by atoms with van der Waals surface area (Å²) in [6.07, 6.45) is 9.97. The quantitative estimate of drug-likeness (QED) is 0.571. The highest BCUT2D eigenvalue weighted by Crippen LogP contribution is 2.33. The van der Waals surface area contributed by atoms with Gasteiger partial charge in [0.25, 0.3) is 0 Å². The topological polar surface area (TPSA) is 92.6 Å². The minimum atomic E-state index is -0.699. The van der Waals surface area contributed by atoms with Gasteiger partial charge in [-0.25, -0.2) is 4.98 Å². The maximum absolute atomic E-state index is 10.4. The first kappa shape index (κ1) is 21.1. The second-order valence-electron chi connectivity index (χ2n) is 8.41. The maximum atomic E-state index is 10.4. The average Bonchev–Trinajstić information content (AvgIpc) is 2.86. The van der Waals surface area contributed by atoms with Crippen molar-refractivity contribution in [3.63, 3.8) is 0 Å². The lowest BCUT2D eigenvalue weighted by Gasteiger charge is -2.32. The minimum absolute atomic E-state index is 0.119. The Morgan fingerprint density at radius 3 is 2.66 bits per heavy atom. The zero-order valence-electron chi connectivity index (χ0n) is 18.1. The molecule has 0 bridgehead atoms. The van der Waals surface area contributed by atoms with E-state index in [1.165, 1.54) is 0 Å². The van der Waals surface area contributed by atoms with Crippen LogP contribution < -0.4 is 15.0 Å². The summed E-state index contributed by atoms with van der Waals surface area (Å²) in [6.45, 7) is 3.19. The van der Waals surface area contributed by atoms with Crippen LogP contribution in [0.5, 0.6) is 5.75 Å². The number of nitrogens with zero attached hydrogens (tertiary/aromatic N) is 4. The SMILES string of the molecule is OC(NC1CCC(Oc2cc(N3CCOCC3)cc3nccnc23)CC1)c1cccnc1. The number of rotatable bonds is 6. The summed E-state index contributed by atoms with van der Waals surface area (Å²) in [5.74, 6) is 0.795. The fraction of sp³-hybridized carbons (Fsp3) is 0.458. The van der Waals surface area contributed by atoms with Gasteiger partial charge in [0, 0.05) is 61.2 Å². The van der Waals surface area contributed by atoms with Crippen molar-refractivity contribution in [3.05, 3.63) is 54.6 Å². The lowest BCUT2D eigenvalue weighted by molar-refractivity contribution is 0.0889. The van der Waals surface area contributed by atoms with Crippen LogP contribution in [-0.4, -0.2) is 58.5 Å². The summed E-state index contributed by atoms with van der Waals surface area (Å²) in [6, 6.07) is 8.15. The number of hydrogen-bond donors (Lipinski definition) is 2. The van der Waals surface area contributed by atoms with Gasteiger partial charge in [0.15, 0.2) is 0 Å². The normalized spacial score (nSPS) is 22.6. The molecule has 0 spiro atoms. The number of ether oxygens (including phenoxy) is 2. The standard InChI is InChI=1S/C24H29N5O3/c30-24(17-2-1-7-25-16-17)28-18-3-5-20(6-4-18)32-22-15-19(29-10-12-31-13-11-29)14-21-23(22)27-9-8-26-21/h1-2,7-9,14-16,18,20,24,28,30H,3-6,10-13H2. The maximum Gasteiger partial charge on any atom is 0.149 e. The van der Waals surface area contributed by atoms with Gasteiger partial charge in [-0.15, -0.1) is 0 Å². The Morgan fingerprint density at radius 1 is 1.06 bits per heavy atom. The summed E-state index contributed by atoms with van der Waals surface area (Å²) in [5, 5.41) is 13.8. The first-order valence-electron chi connectivity index (χ1n) is 11.3. The molecule has 1 aliphatic heterocycles. The molecule has 0 amide bonds. The van der Waals surface area contributed by atoms with Gasteiger partial charge < -0.3 is 19.5 Å². The molecule has 0 radical (unpaired) electrons. The van der Waals surface area contributed by atoms with Gasteiger partial charge in [0.1, 0.15) is 17.5 Å². The van der Waals surface area contributed by atoms with E-state index in [0.29, 0.717) is 0 Å². The zero-order valence-corrected chi connectivity index (χ0v) is 18.1. The number of aliphatic hydroxyl groups excluding tert-OH is 1. The Kier molecular flexibility index (Phi) is 6.43. The molecular weight excluding hydrogens is 406 g/mol. The van der Waals surface area contributed by atoms with Crippen molar-refractivity contribution in [2.24, 2.45) is 0 Å². The summed E-state index contributed by atoms with van der Waals surface area (Å²) in [7, 11) is 0. The van der Waals surface area contributed by atoms with E-state index in [2.05, 4.69) is 37.3 Å². The smallest absolute Gasteiger partial charge is 0.149 e. The number of fused-ring (bicyclic) bond motifs is 1. The molecule has 1 unspecified atom stereocenters. The fourth-order valence-corrected chi connectivity index (χ4v) is 4.51. The molecule has 2 fully saturated rings. The van der Waals surface area contributed by atoms with Crippen LogP contribution in [0.3, 0.4) is 0 Å². The molecule has 1 atom stereocenters. The predicted octanol–water partition coefficient (Wildman–Crippen LogP) is 2.83.